The normalized spacial score (nSPS) is 19.2. The number of hydrogen-bond acceptors (Lipinski definition) is 5. The molecule has 0 aromatic heterocycles. The molecule has 2 saturated heterocycles. The van der Waals surface area contributed by atoms with Crippen molar-refractivity contribution in [3.8, 4) is 0 Å². The Morgan fingerprint density at radius 2 is 1.44 bits per heavy atom. The van der Waals surface area contributed by atoms with Gasteiger partial charge in [-0.1, -0.05) is 0 Å². The Bertz CT molecular complexity index is 638. The Balaban J connectivity index is 1.39. The Morgan fingerprint density at radius 3 is 2.04 bits per heavy atom. The molecule has 3 rings (SSSR count). The number of hydrogen-bond donors (Lipinski definition) is 1. The van der Waals surface area contributed by atoms with Crippen molar-refractivity contribution < 1.29 is 14.0 Å². The van der Waals surface area contributed by atoms with E-state index in [2.05, 4.69) is 20.0 Å². The highest BCUT2D eigenvalue weighted by molar-refractivity contribution is 5.79. The molecule has 1 N–H and O–H groups in total. The lowest BCUT2D eigenvalue weighted by atomic mass is 10.2. The lowest BCUT2D eigenvalue weighted by molar-refractivity contribution is -0.134. The summed E-state index contributed by atoms with van der Waals surface area (Å²) >= 11 is 0. The summed E-state index contributed by atoms with van der Waals surface area (Å²) in [6.07, 6.45) is 0. The highest BCUT2D eigenvalue weighted by atomic mass is 19.1. The van der Waals surface area contributed by atoms with Gasteiger partial charge in [0.2, 0.25) is 11.8 Å². The quantitative estimate of drug-likeness (QED) is 0.773. The van der Waals surface area contributed by atoms with Crippen molar-refractivity contribution in [3.05, 3.63) is 30.1 Å². The molecule has 2 fully saturated rings. The van der Waals surface area contributed by atoms with Crippen molar-refractivity contribution in [1.29, 1.82) is 0 Å². The van der Waals surface area contributed by atoms with E-state index in [4.69, 9.17) is 0 Å². The second kappa shape index (κ2) is 9.14. The highest BCUT2D eigenvalue weighted by Crippen LogP contribution is 2.17. The Morgan fingerprint density at radius 1 is 0.889 bits per heavy atom. The minimum atomic E-state index is -0.224. The number of carbonyl (C=O) groups is 2. The Kier molecular flexibility index (Phi) is 6.63. The van der Waals surface area contributed by atoms with Gasteiger partial charge in [0.05, 0.1) is 13.1 Å². The fraction of sp³-hybridized carbons (Fsp3) is 0.579. The second-order valence-electron chi connectivity index (χ2n) is 7.07. The number of benzene rings is 1. The molecule has 0 atom stereocenters. The van der Waals surface area contributed by atoms with E-state index in [9.17, 15) is 14.0 Å². The lowest BCUT2D eigenvalue weighted by Crippen LogP contribution is -2.54. The maximum absolute atomic E-state index is 13.0. The van der Waals surface area contributed by atoms with Crippen molar-refractivity contribution in [2.24, 2.45) is 0 Å². The summed E-state index contributed by atoms with van der Waals surface area (Å²) in [5.41, 5.74) is 1.02. The summed E-state index contributed by atoms with van der Waals surface area (Å²) in [5.74, 6) is -0.0583. The predicted molar refractivity (Wildman–Crippen MR) is 102 cm³/mol. The monoisotopic (exact) mass is 377 g/mol. The van der Waals surface area contributed by atoms with E-state index in [-0.39, 0.29) is 17.6 Å². The van der Waals surface area contributed by atoms with Gasteiger partial charge in [-0.25, -0.2) is 4.39 Å². The van der Waals surface area contributed by atoms with Crippen LogP contribution in [0.25, 0.3) is 0 Å². The number of nitrogens with one attached hydrogen (secondary N) is 1. The van der Waals surface area contributed by atoms with Crippen molar-refractivity contribution in [2.45, 2.75) is 0 Å². The summed E-state index contributed by atoms with van der Waals surface area (Å²) in [6, 6.07) is 6.56. The van der Waals surface area contributed by atoms with Gasteiger partial charge in [0.1, 0.15) is 5.82 Å². The molecule has 2 heterocycles. The van der Waals surface area contributed by atoms with Crippen molar-refractivity contribution in [2.75, 3.05) is 77.4 Å². The Hall–Kier alpha value is -2.19. The number of halogens is 1. The average molecular weight is 377 g/mol. The van der Waals surface area contributed by atoms with Crippen LogP contribution in [0.15, 0.2) is 24.3 Å². The summed E-state index contributed by atoms with van der Waals surface area (Å²) in [7, 11) is 1.64. The van der Waals surface area contributed by atoms with Crippen molar-refractivity contribution in [3.63, 3.8) is 0 Å². The van der Waals surface area contributed by atoms with E-state index in [1.165, 1.54) is 12.1 Å². The van der Waals surface area contributed by atoms with Gasteiger partial charge in [-0.05, 0) is 24.3 Å². The number of amides is 2. The van der Waals surface area contributed by atoms with E-state index in [0.717, 1.165) is 45.0 Å². The van der Waals surface area contributed by atoms with Gasteiger partial charge in [0, 0.05) is 65.1 Å². The molecule has 1 aromatic rings. The molecule has 148 valence electrons. The van der Waals surface area contributed by atoms with Crippen LogP contribution in [0.1, 0.15) is 0 Å². The van der Waals surface area contributed by atoms with Crippen LogP contribution in [0.5, 0.6) is 0 Å². The number of rotatable bonds is 5. The van der Waals surface area contributed by atoms with E-state index >= 15 is 0 Å². The maximum atomic E-state index is 13.0. The van der Waals surface area contributed by atoms with Crippen LogP contribution >= 0.6 is 0 Å². The first-order valence-electron chi connectivity index (χ1n) is 9.49. The molecular formula is C19H28FN5O2. The van der Waals surface area contributed by atoms with E-state index in [1.54, 1.807) is 19.2 Å². The minimum absolute atomic E-state index is 0.00815. The van der Waals surface area contributed by atoms with Gasteiger partial charge in [-0.15, -0.1) is 0 Å². The van der Waals surface area contributed by atoms with Gasteiger partial charge >= 0.3 is 0 Å². The SMILES string of the molecule is CNC(=O)CN1CCN(C(=O)CN2CCN(c3ccc(F)cc3)CC2)CC1. The van der Waals surface area contributed by atoms with Gasteiger partial charge in [-0.3, -0.25) is 19.4 Å². The van der Waals surface area contributed by atoms with Gasteiger partial charge in [0.15, 0.2) is 0 Å². The lowest BCUT2D eigenvalue weighted by Gasteiger charge is -2.38. The van der Waals surface area contributed by atoms with Crippen LogP contribution in [0.3, 0.4) is 0 Å². The topological polar surface area (TPSA) is 59.1 Å². The molecule has 2 aliphatic rings. The number of piperazine rings is 2. The molecule has 2 aliphatic heterocycles. The zero-order valence-electron chi connectivity index (χ0n) is 15.9. The zero-order valence-corrected chi connectivity index (χ0v) is 15.9. The smallest absolute Gasteiger partial charge is 0.236 e. The van der Waals surface area contributed by atoms with Crippen LogP contribution in [0, 0.1) is 5.82 Å². The number of anilines is 1. The molecule has 27 heavy (non-hydrogen) atoms. The van der Waals surface area contributed by atoms with Gasteiger partial charge in [0.25, 0.3) is 0 Å². The minimum Gasteiger partial charge on any atom is -0.369 e. The second-order valence-corrected chi connectivity index (χ2v) is 7.07. The number of nitrogens with zero attached hydrogens (tertiary/aromatic N) is 4. The fourth-order valence-electron chi connectivity index (χ4n) is 3.54. The van der Waals surface area contributed by atoms with Crippen LogP contribution < -0.4 is 10.2 Å². The van der Waals surface area contributed by atoms with Crippen LogP contribution in [-0.4, -0.2) is 99.0 Å². The van der Waals surface area contributed by atoms with Crippen LogP contribution in [0.4, 0.5) is 10.1 Å². The summed E-state index contributed by atoms with van der Waals surface area (Å²) in [4.78, 5) is 32.4. The molecule has 0 saturated carbocycles. The van der Waals surface area contributed by atoms with Crippen LogP contribution in [0.2, 0.25) is 0 Å². The molecule has 0 aliphatic carbocycles. The van der Waals surface area contributed by atoms with E-state index in [0.29, 0.717) is 26.2 Å². The zero-order chi connectivity index (χ0) is 19.2. The van der Waals surface area contributed by atoms with Crippen LogP contribution in [-0.2, 0) is 9.59 Å². The van der Waals surface area contributed by atoms with Crippen molar-refractivity contribution >= 4 is 17.5 Å². The molecule has 8 heteroatoms. The number of likely N-dealkylation sites (N-methyl/N-ethyl adjacent to an activating group) is 1. The molecule has 1 aromatic carbocycles. The summed E-state index contributed by atoms with van der Waals surface area (Å²) < 4.78 is 13.0. The molecule has 2 amide bonds. The average Bonchev–Trinajstić information content (AvgIpc) is 2.69. The number of carbonyl (C=O) groups excluding carboxylic acids is 2. The third-order valence-corrected chi connectivity index (χ3v) is 5.29. The van der Waals surface area contributed by atoms with E-state index < -0.39 is 0 Å². The van der Waals surface area contributed by atoms with Gasteiger partial charge < -0.3 is 15.1 Å². The Labute approximate surface area is 159 Å². The summed E-state index contributed by atoms with van der Waals surface area (Å²) in [5, 5.41) is 2.63. The first kappa shape index (κ1) is 19.6. The van der Waals surface area contributed by atoms with E-state index in [1.807, 2.05) is 4.90 Å². The predicted octanol–water partition coefficient (Wildman–Crippen LogP) is -0.162. The summed E-state index contributed by atoms with van der Waals surface area (Å²) in [6.45, 7) is 6.94. The molecule has 0 bridgehead atoms. The molecule has 0 spiro atoms. The first-order chi connectivity index (χ1) is 13.0. The molecule has 0 unspecified atom stereocenters. The fourth-order valence-corrected chi connectivity index (χ4v) is 3.54. The molecule has 0 radical (unpaired) electrons. The molecular weight excluding hydrogens is 349 g/mol. The van der Waals surface area contributed by atoms with Gasteiger partial charge in [-0.2, -0.15) is 0 Å². The van der Waals surface area contributed by atoms with Crippen molar-refractivity contribution in [1.82, 2.24) is 20.0 Å². The third-order valence-electron chi connectivity index (χ3n) is 5.29. The largest absolute Gasteiger partial charge is 0.369 e. The standard InChI is InChI=1S/C19H28FN5O2/c1-21-18(26)14-22-8-12-25(13-9-22)19(27)15-23-6-10-24(11-7-23)17-4-2-16(20)3-5-17/h2-5H,6-15H2,1H3,(H,21,26). The molecule has 7 nitrogen and oxygen atoms in total. The third kappa shape index (κ3) is 5.40. The highest BCUT2D eigenvalue weighted by Gasteiger charge is 2.25. The maximum Gasteiger partial charge on any atom is 0.236 e. The first-order valence-corrected chi connectivity index (χ1v) is 9.49.